The number of aromatic nitrogens is 2. The van der Waals surface area contributed by atoms with Crippen molar-refractivity contribution in [2.24, 2.45) is 5.10 Å². The number of ether oxygens (including phenoxy) is 1. The maximum atomic E-state index is 11.6. The first-order valence-electron chi connectivity index (χ1n) is 5.85. The minimum Gasteiger partial charge on any atom is -0.497 e. The Kier molecular flexibility index (Phi) is 5.52. The van der Waals surface area contributed by atoms with Gasteiger partial charge in [-0.2, -0.15) is 5.10 Å². The molecule has 1 aromatic heterocycles. The first-order chi connectivity index (χ1) is 10.2. The number of nitrogens with one attached hydrogen (secondary N) is 1. The highest BCUT2D eigenvalue weighted by Crippen LogP contribution is 2.22. The number of hydrogen-bond acceptors (Lipinski definition) is 8. The van der Waals surface area contributed by atoms with Crippen molar-refractivity contribution in [2.45, 2.75) is 4.34 Å². The summed E-state index contributed by atoms with van der Waals surface area (Å²) in [7, 11) is 1.59. The maximum Gasteiger partial charge on any atom is 0.250 e. The van der Waals surface area contributed by atoms with Crippen molar-refractivity contribution in [3.63, 3.8) is 0 Å². The number of benzene rings is 1. The standard InChI is InChI=1S/C12H13N5O2S2/c1-19-9-4-2-3-8(5-9)6-14-15-10(18)7-20-12-17-16-11(13)21-12/h2-6H,7H2,1H3,(H2,13,16)(H,15,18). The molecule has 1 aromatic carbocycles. The normalized spacial score (nSPS) is 10.7. The van der Waals surface area contributed by atoms with Crippen molar-refractivity contribution >= 4 is 40.4 Å². The molecule has 21 heavy (non-hydrogen) atoms. The Labute approximate surface area is 129 Å². The number of hydrazone groups is 1. The molecule has 0 atom stereocenters. The fraction of sp³-hybridized carbons (Fsp3) is 0.167. The number of methoxy groups -OCH3 is 1. The van der Waals surface area contributed by atoms with E-state index in [2.05, 4.69) is 20.7 Å². The second-order valence-corrected chi connectivity index (χ2v) is 6.00. The minimum absolute atomic E-state index is 0.198. The van der Waals surface area contributed by atoms with Gasteiger partial charge in [0, 0.05) is 0 Å². The number of nitrogen functional groups attached to an aromatic ring is 1. The summed E-state index contributed by atoms with van der Waals surface area (Å²) in [5.74, 6) is 0.701. The molecule has 0 saturated heterocycles. The Bertz CT molecular complexity index is 644. The Balaban J connectivity index is 1.78. The van der Waals surface area contributed by atoms with Crippen LogP contribution in [0.1, 0.15) is 5.56 Å². The second kappa shape index (κ2) is 7.60. The van der Waals surface area contributed by atoms with Gasteiger partial charge in [-0.15, -0.1) is 10.2 Å². The van der Waals surface area contributed by atoms with Crippen molar-refractivity contribution in [3.05, 3.63) is 29.8 Å². The summed E-state index contributed by atoms with van der Waals surface area (Å²) in [5.41, 5.74) is 8.72. The molecule has 0 saturated carbocycles. The lowest BCUT2D eigenvalue weighted by atomic mass is 10.2. The lowest BCUT2D eigenvalue weighted by molar-refractivity contribution is -0.118. The first-order valence-corrected chi connectivity index (χ1v) is 7.65. The van der Waals surface area contributed by atoms with Crippen LogP contribution in [0, 0.1) is 0 Å². The van der Waals surface area contributed by atoms with Crippen LogP contribution in [0.25, 0.3) is 0 Å². The third-order valence-corrected chi connectivity index (χ3v) is 4.13. The van der Waals surface area contributed by atoms with Gasteiger partial charge in [0.1, 0.15) is 5.75 Å². The molecule has 1 heterocycles. The fourth-order valence-corrected chi connectivity index (χ4v) is 2.77. The summed E-state index contributed by atoms with van der Waals surface area (Å²) in [6.45, 7) is 0. The predicted molar refractivity (Wildman–Crippen MR) is 83.8 cm³/mol. The number of hydrogen-bond donors (Lipinski definition) is 2. The van der Waals surface area contributed by atoms with Crippen LogP contribution in [0.5, 0.6) is 5.75 Å². The highest BCUT2D eigenvalue weighted by Gasteiger charge is 2.05. The van der Waals surface area contributed by atoms with Crippen molar-refractivity contribution in [3.8, 4) is 5.75 Å². The number of rotatable bonds is 6. The summed E-state index contributed by atoms with van der Waals surface area (Å²) in [6, 6.07) is 7.35. The molecule has 9 heteroatoms. The number of anilines is 1. The van der Waals surface area contributed by atoms with Crippen LogP contribution >= 0.6 is 23.1 Å². The van der Waals surface area contributed by atoms with E-state index in [-0.39, 0.29) is 11.7 Å². The SMILES string of the molecule is COc1cccc(C=NNC(=O)CSc2nnc(N)s2)c1. The van der Waals surface area contributed by atoms with Gasteiger partial charge in [-0.25, -0.2) is 5.43 Å². The molecular weight excluding hydrogens is 310 g/mol. The molecule has 1 amide bonds. The molecule has 0 aliphatic heterocycles. The fourth-order valence-electron chi connectivity index (χ4n) is 1.34. The predicted octanol–water partition coefficient (Wildman–Crippen LogP) is 1.37. The molecular formula is C12H13N5O2S2. The van der Waals surface area contributed by atoms with Gasteiger partial charge < -0.3 is 10.5 Å². The van der Waals surface area contributed by atoms with Gasteiger partial charge in [0.05, 0.1) is 19.1 Å². The molecule has 2 aromatic rings. The number of nitrogens with zero attached hydrogens (tertiary/aromatic N) is 3. The number of amides is 1. The lowest BCUT2D eigenvalue weighted by Crippen LogP contribution is -2.19. The van der Waals surface area contributed by atoms with Gasteiger partial charge in [0.2, 0.25) is 5.13 Å². The van der Waals surface area contributed by atoms with E-state index in [1.165, 1.54) is 23.1 Å². The van der Waals surface area contributed by atoms with Crippen LogP contribution < -0.4 is 15.9 Å². The zero-order valence-corrected chi connectivity index (χ0v) is 12.8. The molecule has 0 aliphatic rings. The first kappa shape index (κ1) is 15.3. The van der Waals surface area contributed by atoms with E-state index in [1.807, 2.05) is 24.3 Å². The lowest BCUT2D eigenvalue weighted by Gasteiger charge is -2.00. The zero-order chi connectivity index (χ0) is 15.1. The van der Waals surface area contributed by atoms with Crippen molar-refractivity contribution < 1.29 is 9.53 Å². The molecule has 0 unspecified atom stereocenters. The van der Waals surface area contributed by atoms with E-state index in [9.17, 15) is 4.79 Å². The van der Waals surface area contributed by atoms with E-state index in [0.29, 0.717) is 9.47 Å². The smallest absolute Gasteiger partial charge is 0.250 e. The summed E-state index contributed by atoms with van der Waals surface area (Å²) in [4.78, 5) is 11.6. The molecule has 7 nitrogen and oxygen atoms in total. The average Bonchev–Trinajstić information content (AvgIpc) is 2.91. The highest BCUT2D eigenvalue weighted by atomic mass is 32.2. The highest BCUT2D eigenvalue weighted by molar-refractivity contribution is 8.01. The van der Waals surface area contributed by atoms with E-state index in [0.717, 1.165) is 11.3 Å². The van der Waals surface area contributed by atoms with E-state index in [4.69, 9.17) is 10.5 Å². The van der Waals surface area contributed by atoms with Gasteiger partial charge in [-0.3, -0.25) is 4.79 Å². The molecule has 3 N–H and O–H groups in total. The third kappa shape index (κ3) is 5.04. The quantitative estimate of drug-likeness (QED) is 0.473. The van der Waals surface area contributed by atoms with Crippen LogP contribution in [-0.4, -0.2) is 35.2 Å². The number of carbonyl (C=O) groups is 1. The van der Waals surface area contributed by atoms with E-state index < -0.39 is 0 Å². The van der Waals surface area contributed by atoms with E-state index in [1.54, 1.807) is 13.3 Å². The molecule has 0 fully saturated rings. The molecule has 2 rings (SSSR count). The Morgan fingerprint density at radius 1 is 1.57 bits per heavy atom. The Hall–Kier alpha value is -2.13. The number of nitrogens with two attached hydrogens (primary N) is 1. The average molecular weight is 323 g/mol. The van der Waals surface area contributed by atoms with E-state index >= 15 is 0 Å². The summed E-state index contributed by atoms with van der Waals surface area (Å²) in [5, 5.41) is 11.7. The van der Waals surface area contributed by atoms with Gasteiger partial charge in [-0.1, -0.05) is 35.2 Å². The summed E-state index contributed by atoms with van der Waals surface area (Å²) >= 11 is 2.50. The van der Waals surface area contributed by atoms with Crippen LogP contribution in [0.15, 0.2) is 33.7 Å². The minimum atomic E-state index is -0.229. The largest absolute Gasteiger partial charge is 0.497 e. The van der Waals surface area contributed by atoms with Crippen molar-refractivity contribution in [1.29, 1.82) is 0 Å². The maximum absolute atomic E-state index is 11.6. The van der Waals surface area contributed by atoms with Crippen molar-refractivity contribution in [1.82, 2.24) is 15.6 Å². The molecule has 0 spiro atoms. The van der Waals surface area contributed by atoms with Crippen molar-refractivity contribution in [2.75, 3.05) is 18.6 Å². The Morgan fingerprint density at radius 2 is 2.43 bits per heavy atom. The molecule has 0 aliphatic carbocycles. The van der Waals surface area contributed by atoms with Crippen LogP contribution in [0.4, 0.5) is 5.13 Å². The van der Waals surface area contributed by atoms with Gasteiger partial charge in [0.15, 0.2) is 4.34 Å². The van der Waals surface area contributed by atoms with Crippen LogP contribution in [0.2, 0.25) is 0 Å². The number of carbonyl (C=O) groups excluding carboxylic acids is 1. The summed E-state index contributed by atoms with van der Waals surface area (Å²) < 4.78 is 5.75. The second-order valence-electron chi connectivity index (χ2n) is 3.76. The molecule has 0 bridgehead atoms. The number of thioether (sulfide) groups is 1. The monoisotopic (exact) mass is 323 g/mol. The topological polar surface area (TPSA) is 102 Å². The van der Waals surface area contributed by atoms with Gasteiger partial charge in [0.25, 0.3) is 5.91 Å². The molecule has 110 valence electrons. The van der Waals surface area contributed by atoms with Gasteiger partial charge in [-0.05, 0) is 17.7 Å². The van der Waals surface area contributed by atoms with Crippen LogP contribution in [0.3, 0.4) is 0 Å². The zero-order valence-electron chi connectivity index (χ0n) is 11.1. The van der Waals surface area contributed by atoms with Crippen LogP contribution in [-0.2, 0) is 4.79 Å². The van der Waals surface area contributed by atoms with Gasteiger partial charge >= 0.3 is 0 Å². The summed E-state index contributed by atoms with van der Waals surface area (Å²) in [6.07, 6.45) is 1.55. The third-order valence-electron chi connectivity index (χ3n) is 2.25. The Morgan fingerprint density at radius 3 is 3.14 bits per heavy atom. The molecule has 0 radical (unpaired) electrons.